The van der Waals surface area contributed by atoms with Crippen molar-refractivity contribution in [2.24, 2.45) is 0 Å². The molecular formula is C14H29NO. The number of hydrogen-bond donors (Lipinski definition) is 1. The highest BCUT2D eigenvalue weighted by molar-refractivity contribution is 5.19. The first kappa shape index (κ1) is 20.4. The summed E-state index contributed by atoms with van der Waals surface area (Å²) in [6, 6.07) is 1.61. The van der Waals surface area contributed by atoms with E-state index in [1.807, 2.05) is 62.3 Å². The van der Waals surface area contributed by atoms with Crippen LogP contribution < -0.4 is 5.43 Å². The normalized spacial score (nSPS) is 7.31. The molecule has 0 aromatic carbocycles. The molecule has 16 heavy (non-hydrogen) atoms. The van der Waals surface area contributed by atoms with E-state index < -0.39 is 0 Å². The minimum absolute atomic E-state index is 0.119. The Bertz CT molecular complexity index is 300. The number of H-pyrrole nitrogens is 1. The molecule has 0 aliphatic heterocycles. The largest absolute Gasteiger partial charge is 0.362 e. The van der Waals surface area contributed by atoms with Gasteiger partial charge in [0, 0.05) is 23.0 Å². The van der Waals surface area contributed by atoms with Crippen molar-refractivity contribution in [3.05, 3.63) is 33.2 Å². The summed E-state index contributed by atoms with van der Waals surface area (Å²) in [6.07, 6.45) is 0. The number of hydrogen-bond acceptors (Lipinski definition) is 1. The molecule has 1 heterocycles. The fourth-order valence-electron chi connectivity index (χ4n) is 0.915. The first-order chi connectivity index (χ1) is 7.61. The third-order valence-electron chi connectivity index (χ3n) is 1.66. The molecule has 0 spiro atoms. The van der Waals surface area contributed by atoms with Crippen LogP contribution in [0.3, 0.4) is 0 Å². The average Bonchev–Trinajstić information content (AvgIpc) is 2.33. The summed E-state index contributed by atoms with van der Waals surface area (Å²) in [4.78, 5) is 14.1. The monoisotopic (exact) mass is 227 g/mol. The predicted octanol–water partition coefficient (Wildman–Crippen LogP) is 4.38. The van der Waals surface area contributed by atoms with E-state index in [1.165, 1.54) is 0 Å². The van der Waals surface area contributed by atoms with E-state index >= 15 is 0 Å². The molecule has 0 radical (unpaired) electrons. The van der Waals surface area contributed by atoms with Gasteiger partial charge < -0.3 is 4.98 Å². The number of rotatable bonds is 0. The van der Waals surface area contributed by atoms with Gasteiger partial charge in [-0.25, -0.2) is 0 Å². The molecule has 0 amide bonds. The maximum absolute atomic E-state index is 11.0. The van der Waals surface area contributed by atoms with Gasteiger partial charge in [-0.3, -0.25) is 4.79 Å². The summed E-state index contributed by atoms with van der Waals surface area (Å²) in [7, 11) is 0. The minimum Gasteiger partial charge on any atom is -0.362 e. The third kappa shape index (κ3) is 8.27. The van der Waals surface area contributed by atoms with Crippen molar-refractivity contribution in [1.82, 2.24) is 4.98 Å². The highest BCUT2D eigenvalue weighted by Gasteiger charge is 1.96. The molecule has 0 atom stereocenters. The fourth-order valence-corrected chi connectivity index (χ4v) is 0.915. The van der Waals surface area contributed by atoms with Crippen LogP contribution in [0.5, 0.6) is 0 Å². The molecule has 1 aromatic rings. The Morgan fingerprint density at radius 3 is 1.56 bits per heavy atom. The second kappa shape index (κ2) is 13.9. The van der Waals surface area contributed by atoms with Gasteiger partial charge in [0.05, 0.1) is 0 Å². The number of aromatic amines is 1. The lowest BCUT2D eigenvalue weighted by atomic mass is 10.2. The standard InChI is InChI=1S/C8H11NO.3C2H6/c1-5-4-8(10)6(2)7(3)9-5;3*1-2/h4H,1-3H3,(H,9,10);3*1-2H3. The lowest BCUT2D eigenvalue weighted by molar-refractivity contribution is 1.07. The predicted molar refractivity (Wildman–Crippen MR) is 75.3 cm³/mol. The summed E-state index contributed by atoms with van der Waals surface area (Å²) in [5.74, 6) is 0. The summed E-state index contributed by atoms with van der Waals surface area (Å²) in [5.41, 5.74) is 2.82. The third-order valence-corrected chi connectivity index (χ3v) is 1.66. The first-order valence-corrected chi connectivity index (χ1v) is 6.28. The van der Waals surface area contributed by atoms with Crippen molar-refractivity contribution in [2.45, 2.75) is 62.3 Å². The van der Waals surface area contributed by atoms with Crippen LogP contribution in [0.2, 0.25) is 0 Å². The van der Waals surface area contributed by atoms with Gasteiger partial charge >= 0.3 is 0 Å². The van der Waals surface area contributed by atoms with Gasteiger partial charge in [-0.1, -0.05) is 41.5 Å². The molecular weight excluding hydrogens is 198 g/mol. The molecule has 1 rings (SSSR count). The number of aryl methyl sites for hydroxylation is 2. The quantitative estimate of drug-likeness (QED) is 0.701. The smallest absolute Gasteiger partial charge is 0.184 e. The zero-order valence-electron chi connectivity index (χ0n) is 12.5. The lowest BCUT2D eigenvalue weighted by Gasteiger charge is -1.99. The summed E-state index contributed by atoms with van der Waals surface area (Å²) >= 11 is 0. The van der Waals surface area contributed by atoms with Crippen LogP contribution in [0.15, 0.2) is 10.9 Å². The van der Waals surface area contributed by atoms with Crippen molar-refractivity contribution < 1.29 is 0 Å². The Labute approximate surface area is 101 Å². The van der Waals surface area contributed by atoms with Gasteiger partial charge in [0.15, 0.2) is 5.43 Å². The Kier molecular flexibility index (Phi) is 17.8. The molecule has 2 nitrogen and oxygen atoms in total. The number of pyridine rings is 1. The minimum atomic E-state index is 0.119. The molecule has 0 bridgehead atoms. The van der Waals surface area contributed by atoms with Crippen LogP contribution >= 0.6 is 0 Å². The number of nitrogens with one attached hydrogen (secondary N) is 1. The van der Waals surface area contributed by atoms with E-state index in [2.05, 4.69) is 4.98 Å². The molecule has 1 aromatic heterocycles. The molecule has 0 aliphatic carbocycles. The zero-order chi connectivity index (χ0) is 13.7. The second-order valence-corrected chi connectivity index (χ2v) is 2.57. The number of aromatic nitrogens is 1. The summed E-state index contributed by atoms with van der Waals surface area (Å²) < 4.78 is 0. The van der Waals surface area contributed by atoms with Crippen molar-refractivity contribution in [1.29, 1.82) is 0 Å². The maximum atomic E-state index is 11.0. The highest BCUT2D eigenvalue weighted by Crippen LogP contribution is 1.96. The van der Waals surface area contributed by atoms with E-state index in [-0.39, 0.29) is 5.43 Å². The van der Waals surface area contributed by atoms with Crippen molar-refractivity contribution in [2.75, 3.05) is 0 Å². The van der Waals surface area contributed by atoms with Crippen LogP contribution in [-0.4, -0.2) is 4.98 Å². The van der Waals surface area contributed by atoms with Crippen LogP contribution in [0, 0.1) is 20.8 Å². The van der Waals surface area contributed by atoms with Gasteiger partial charge in [-0.2, -0.15) is 0 Å². The molecule has 2 heteroatoms. The van der Waals surface area contributed by atoms with Crippen LogP contribution in [0.1, 0.15) is 58.5 Å². The zero-order valence-corrected chi connectivity index (χ0v) is 12.5. The topological polar surface area (TPSA) is 32.9 Å². The van der Waals surface area contributed by atoms with Gasteiger partial charge in [0.2, 0.25) is 0 Å². The fraction of sp³-hybridized carbons (Fsp3) is 0.643. The second-order valence-electron chi connectivity index (χ2n) is 2.57. The van der Waals surface area contributed by atoms with Gasteiger partial charge in [0.1, 0.15) is 0 Å². The Balaban J connectivity index is -0.000000245. The molecule has 0 unspecified atom stereocenters. The van der Waals surface area contributed by atoms with Crippen molar-refractivity contribution in [3.63, 3.8) is 0 Å². The van der Waals surface area contributed by atoms with E-state index in [4.69, 9.17) is 0 Å². The van der Waals surface area contributed by atoms with Crippen LogP contribution in [0.25, 0.3) is 0 Å². The van der Waals surface area contributed by atoms with E-state index in [0.717, 1.165) is 17.0 Å². The maximum Gasteiger partial charge on any atom is 0.184 e. The van der Waals surface area contributed by atoms with Crippen molar-refractivity contribution in [3.8, 4) is 0 Å². The van der Waals surface area contributed by atoms with Crippen LogP contribution in [0.4, 0.5) is 0 Å². The molecule has 0 aliphatic rings. The molecule has 1 N–H and O–H groups in total. The lowest BCUT2D eigenvalue weighted by Crippen LogP contribution is -2.08. The highest BCUT2D eigenvalue weighted by atomic mass is 16.1. The van der Waals surface area contributed by atoms with Gasteiger partial charge in [0.25, 0.3) is 0 Å². The first-order valence-electron chi connectivity index (χ1n) is 6.28. The molecule has 0 saturated heterocycles. The molecule has 0 saturated carbocycles. The Morgan fingerprint density at radius 2 is 1.25 bits per heavy atom. The van der Waals surface area contributed by atoms with Gasteiger partial charge in [-0.15, -0.1) is 0 Å². The molecule has 96 valence electrons. The van der Waals surface area contributed by atoms with Crippen LogP contribution in [-0.2, 0) is 0 Å². The Morgan fingerprint density at radius 1 is 0.875 bits per heavy atom. The van der Waals surface area contributed by atoms with E-state index in [9.17, 15) is 4.79 Å². The molecule has 0 fully saturated rings. The van der Waals surface area contributed by atoms with E-state index in [1.54, 1.807) is 6.07 Å². The summed E-state index contributed by atoms with van der Waals surface area (Å²) in [5, 5.41) is 0. The Hall–Kier alpha value is -1.05. The summed E-state index contributed by atoms with van der Waals surface area (Å²) in [6.45, 7) is 17.6. The van der Waals surface area contributed by atoms with Gasteiger partial charge in [-0.05, 0) is 20.8 Å². The SMILES string of the molecule is CC.CC.CC.Cc1cc(=O)c(C)c(C)[nH]1. The van der Waals surface area contributed by atoms with Crippen molar-refractivity contribution >= 4 is 0 Å². The average molecular weight is 227 g/mol. The van der Waals surface area contributed by atoms with E-state index in [0.29, 0.717) is 0 Å².